The molecule has 13 nitrogen and oxygen atoms in total. The second-order valence-corrected chi connectivity index (χ2v) is 18.8. The van der Waals surface area contributed by atoms with Crippen LogP contribution in [0.3, 0.4) is 0 Å². The number of carbonyl (C=O) groups excluding carboxylic acids is 6. The lowest BCUT2D eigenvalue weighted by atomic mass is 9.73. The first-order valence-corrected chi connectivity index (χ1v) is 18.3. The Morgan fingerprint density at radius 3 is 1.88 bits per heavy atom. The van der Waals surface area contributed by atoms with E-state index in [-0.39, 0.29) is 28.7 Å². The number of nitrogens with two attached hydrogens (primary N) is 1. The standard InChI is InChI=1S/C37H62N6O7/c1-32(2,3)24(19-39-30(48)34(7,8)50)41-31(49)42-26(33(4,5)6)29(47)43-20-37(35(9,10)36(37)15-12-16-36)18-23(43)28(46)40-22(25(44)27(38)45)17-21-13-11-14-21/h21-24,26,50H,11-20H2,1-10H3,(H2,38,45)(H,39,48)(H,40,46)(H2,41,42,49)/t22?,23-,24+,26+,37+/m0/s1. The van der Waals surface area contributed by atoms with Gasteiger partial charge in [0.2, 0.25) is 17.6 Å². The highest BCUT2D eigenvalue weighted by molar-refractivity contribution is 6.37. The summed E-state index contributed by atoms with van der Waals surface area (Å²) in [6.45, 7) is 18.8. The summed E-state index contributed by atoms with van der Waals surface area (Å²) >= 11 is 0. The van der Waals surface area contributed by atoms with E-state index in [2.05, 4.69) is 35.1 Å². The molecule has 0 aromatic heterocycles. The van der Waals surface area contributed by atoms with Crippen LogP contribution in [0.15, 0.2) is 0 Å². The van der Waals surface area contributed by atoms with Crippen LogP contribution in [0.2, 0.25) is 0 Å². The van der Waals surface area contributed by atoms with Crippen LogP contribution in [0.5, 0.6) is 0 Å². The van der Waals surface area contributed by atoms with Crippen molar-refractivity contribution in [1.29, 1.82) is 0 Å². The Bertz CT molecular complexity index is 1380. The van der Waals surface area contributed by atoms with Crippen LogP contribution in [0.25, 0.3) is 0 Å². The molecular weight excluding hydrogens is 640 g/mol. The number of nitrogens with one attached hydrogen (secondary N) is 4. The summed E-state index contributed by atoms with van der Waals surface area (Å²) in [5, 5.41) is 21.4. The van der Waals surface area contributed by atoms with Crippen molar-refractivity contribution in [2.24, 2.45) is 38.7 Å². The summed E-state index contributed by atoms with van der Waals surface area (Å²) in [4.78, 5) is 81.4. The highest BCUT2D eigenvalue weighted by Crippen LogP contribution is 2.88. The zero-order chi connectivity index (χ0) is 37.8. The van der Waals surface area contributed by atoms with Crippen molar-refractivity contribution in [2.45, 2.75) is 150 Å². The molecule has 1 saturated heterocycles. The van der Waals surface area contributed by atoms with Gasteiger partial charge in [-0.1, -0.05) is 81.1 Å². The molecule has 3 saturated carbocycles. The summed E-state index contributed by atoms with van der Waals surface area (Å²) < 4.78 is 0. The van der Waals surface area contributed by atoms with Crippen LogP contribution in [0, 0.1) is 33.0 Å². The minimum absolute atomic E-state index is 0.0114. The molecule has 0 bridgehead atoms. The maximum Gasteiger partial charge on any atom is 0.315 e. The highest BCUT2D eigenvalue weighted by atomic mass is 16.3. The molecule has 282 valence electrons. The number of hydrogen-bond acceptors (Lipinski definition) is 7. The molecule has 7 N–H and O–H groups in total. The molecule has 3 aliphatic carbocycles. The highest BCUT2D eigenvalue weighted by Gasteiger charge is 2.85. The van der Waals surface area contributed by atoms with E-state index < -0.39 is 76.0 Å². The average Bonchev–Trinajstić information content (AvgIpc) is 3.16. The molecule has 50 heavy (non-hydrogen) atoms. The topological polar surface area (TPSA) is 200 Å². The maximum atomic E-state index is 14.7. The van der Waals surface area contributed by atoms with E-state index in [9.17, 15) is 33.9 Å². The fourth-order valence-corrected chi connectivity index (χ4v) is 8.93. The van der Waals surface area contributed by atoms with Gasteiger partial charge >= 0.3 is 6.03 Å². The lowest BCUT2D eigenvalue weighted by Gasteiger charge is -2.37. The summed E-state index contributed by atoms with van der Waals surface area (Å²) in [6, 6.07) is -4.16. The number of nitrogens with zero attached hydrogens (tertiary/aromatic N) is 1. The molecule has 5 atom stereocenters. The Morgan fingerprint density at radius 1 is 0.860 bits per heavy atom. The van der Waals surface area contributed by atoms with Crippen molar-refractivity contribution in [3.63, 3.8) is 0 Å². The number of hydrogen-bond donors (Lipinski definition) is 6. The number of amides is 6. The fourth-order valence-electron chi connectivity index (χ4n) is 8.93. The third-order valence-electron chi connectivity index (χ3n) is 12.8. The summed E-state index contributed by atoms with van der Waals surface area (Å²) in [5.41, 5.74) is 2.13. The van der Waals surface area contributed by atoms with Crippen LogP contribution in [-0.2, 0) is 24.0 Å². The summed E-state index contributed by atoms with van der Waals surface area (Å²) in [5.74, 6) is -3.19. The first kappa shape index (κ1) is 39.6. The lowest BCUT2D eigenvalue weighted by molar-refractivity contribution is -0.143. The van der Waals surface area contributed by atoms with Crippen LogP contribution < -0.4 is 27.0 Å². The van der Waals surface area contributed by atoms with Gasteiger partial charge < -0.3 is 37.0 Å². The Labute approximate surface area is 297 Å². The van der Waals surface area contributed by atoms with Crippen molar-refractivity contribution >= 4 is 35.4 Å². The first-order chi connectivity index (χ1) is 22.8. The minimum atomic E-state index is -1.59. The van der Waals surface area contributed by atoms with Gasteiger partial charge in [0.1, 0.15) is 17.7 Å². The second-order valence-electron chi connectivity index (χ2n) is 18.8. The number of rotatable bonds is 12. The van der Waals surface area contributed by atoms with Gasteiger partial charge in [0, 0.05) is 18.5 Å². The van der Waals surface area contributed by atoms with Crippen LogP contribution >= 0.6 is 0 Å². The smallest absolute Gasteiger partial charge is 0.315 e. The SMILES string of the molecule is CC(C)(O)C(=O)NC[C@@H](NC(=O)N[C@H](C(=O)N1C[C@]2(C[C@H]1C(=O)NC(CC1CCC1)C(=O)C(N)=O)C(C)(C)C21CCC1)C(C)(C)C)C(C)(C)C. The summed E-state index contributed by atoms with van der Waals surface area (Å²) in [6.07, 6.45) is 6.72. The van der Waals surface area contributed by atoms with E-state index in [4.69, 9.17) is 5.73 Å². The van der Waals surface area contributed by atoms with Crippen molar-refractivity contribution in [3.05, 3.63) is 0 Å². The third kappa shape index (κ3) is 7.25. The predicted octanol–water partition coefficient (Wildman–Crippen LogP) is 2.53. The molecule has 0 aromatic rings. The zero-order valence-electron chi connectivity index (χ0n) is 31.9. The van der Waals surface area contributed by atoms with Crippen molar-refractivity contribution < 1.29 is 33.9 Å². The molecule has 0 radical (unpaired) electrons. The largest absolute Gasteiger partial charge is 0.381 e. The molecular formula is C37H62N6O7. The molecule has 13 heteroatoms. The van der Waals surface area contributed by atoms with Gasteiger partial charge in [0.05, 0.1) is 12.1 Å². The fraction of sp³-hybridized carbons (Fsp3) is 0.838. The minimum Gasteiger partial charge on any atom is -0.381 e. The maximum absolute atomic E-state index is 14.7. The monoisotopic (exact) mass is 702 g/mol. The van der Waals surface area contributed by atoms with Crippen molar-refractivity contribution in [3.8, 4) is 0 Å². The quantitative estimate of drug-likeness (QED) is 0.168. The van der Waals surface area contributed by atoms with Crippen molar-refractivity contribution in [2.75, 3.05) is 13.1 Å². The number of Topliss-reactive ketones (excluding diaryl/α,β-unsaturated/α-hetero) is 1. The van der Waals surface area contributed by atoms with E-state index in [0.29, 0.717) is 19.4 Å². The molecule has 1 aliphatic heterocycles. The normalized spacial score (nSPS) is 25.8. The van der Waals surface area contributed by atoms with Gasteiger partial charge in [0.15, 0.2) is 0 Å². The van der Waals surface area contributed by atoms with Gasteiger partial charge in [-0.2, -0.15) is 0 Å². The Balaban J connectivity index is 1.59. The molecule has 6 amide bonds. The van der Waals surface area contributed by atoms with Gasteiger partial charge in [0.25, 0.3) is 11.8 Å². The molecule has 1 unspecified atom stereocenters. The van der Waals surface area contributed by atoms with Crippen molar-refractivity contribution in [1.82, 2.24) is 26.2 Å². The molecule has 4 rings (SSSR count). The Hall–Kier alpha value is -3.22. The predicted molar refractivity (Wildman–Crippen MR) is 188 cm³/mol. The number of aliphatic hydroxyl groups is 1. The molecule has 1 heterocycles. The number of carbonyl (C=O) groups is 6. The molecule has 4 aliphatic rings. The number of urea groups is 1. The van der Waals surface area contributed by atoms with Gasteiger partial charge in [-0.3, -0.25) is 24.0 Å². The van der Waals surface area contributed by atoms with Crippen LogP contribution in [0.1, 0.15) is 121 Å². The van der Waals surface area contributed by atoms with E-state index in [0.717, 1.165) is 38.5 Å². The van der Waals surface area contributed by atoms with Gasteiger partial charge in [-0.15, -0.1) is 0 Å². The second kappa shape index (κ2) is 13.4. The number of fused-ring (bicyclic) bond motifs is 1. The van der Waals surface area contributed by atoms with E-state index in [1.807, 2.05) is 41.5 Å². The third-order valence-corrected chi connectivity index (χ3v) is 12.8. The van der Waals surface area contributed by atoms with Gasteiger partial charge in [-0.25, -0.2) is 4.79 Å². The Morgan fingerprint density at radius 2 is 1.46 bits per heavy atom. The molecule has 4 fully saturated rings. The molecule has 2 spiro atoms. The van der Waals surface area contributed by atoms with Crippen LogP contribution in [0.4, 0.5) is 4.79 Å². The summed E-state index contributed by atoms with van der Waals surface area (Å²) in [7, 11) is 0. The van der Waals surface area contributed by atoms with Gasteiger partial charge in [-0.05, 0) is 67.1 Å². The number of ketones is 1. The number of primary amides is 1. The molecule has 0 aromatic carbocycles. The lowest BCUT2D eigenvalue weighted by Crippen LogP contribution is -2.62. The number of likely N-dealkylation sites (tertiary alicyclic amines) is 1. The van der Waals surface area contributed by atoms with E-state index in [1.165, 1.54) is 13.8 Å². The zero-order valence-corrected chi connectivity index (χ0v) is 31.9. The Kier molecular flexibility index (Phi) is 10.6. The van der Waals surface area contributed by atoms with E-state index in [1.54, 1.807) is 4.90 Å². The average molecular weight is 703 g/mol. The van der Waals surface area contributed by atoms with Crippen LogP contribution in [-0.4, -0.2) is 88.3 Å². The first-order valence-electron chi connectivity index (χ1n) is 18.3. The van der Waals surface area contributed by atoms with E-state index >= 15 is 0 Å².